The van der Waals surface area contributed by atoms with Crippen molar-refractivity contribution in [3.8, 4) is 44.5 Å². The number of rotatable bonds is 3. The van der Waals surface area contributed by atoms with Gasteiger partial charge in [-0.25, -0.2) is 0 Å². The van der Waals surface area contributed by atoms with Gasteiger partial charge in [0.15, 0.2) is 0 Å². The third-order valence-corrected chi connectivity index (χ3v) is 16.6. The van der Waals surface area contributed by atoms with Crippen molar-refractivity contribution in [2.24, 2.45) is 0 Å². The molecule has 2 aromatic heterocycles. The molecule has 294 valence electrons. The van der Waals surface area contributed by atoms with Crippen LogP contribution in [-0.2, 0) is 5.41 Å². The zero-order chi connectivity index (χ0) is 41.6. The smallest absolute Gasteiger partial charge is 0.0449 e. The number of benzene rings is 11. The van der Waals surface area contributed by atoms with Gasteiger partial charge in [0.2, 0.25) is 0 Å². The topological polar surface area (TPSA) is 0 Å². The predicted molar refractivity (Wildman–Crippen MR) is 276 cm³/mol. The van der Waals surface area contributed by atoms with Crippen LogP contribution in [0.4, 0.5) is 0 Å². The SMILES string of the molecule is CC1(C)c2ccc(-c3cc4ccccc4c4c3sc3c4ccc4sc5ccccc5c43)cc2-c2ccc(-c3c4ccccc4c(-c4cccc5ccccc45)c4ccccc34)cc21. The quantitative estimate of drug-likeness (QED) is 0.156. The maximum atomic E-state index is 2.51. The minimum Gasteiger partial charge on any atom is -0.135 e. The summed E-state index contributed by atoms with van der Waals surface area (Å²) in [4.78, 5) is 0. The summed E-state index contributed by atoms with van der Waals surface area (Å²) in [5.74, 6) is 0. The molecule has 0 fully saturated rings. The molecule has 0 saturated heterocycles. The van der Waals surface area contributed by atoms with Gasteiger partial charge in [0, 0.05) is 51.3 Å². The number of fused-ring (bicyclic) bond motifs is 15. The van der Waals surface area contributed by atoms with E-state index in [9.17, 15) is 0 Å². The number of hydrogen-bond donors (Lipinski definition) is 0. The zero-order valence-corrected chi connectivity index (χ0v) is 36.4. The van der Waals surface area contributed by atoms with Crippen LogP contribution in [0.25, 0.3) is 128 Å². The van der Waals surface area contributed by atoms with Crippen molar-refractivity contribution < 1.29 is 0 Å². The van der Waals surface area contributed by atoms with Gasteiger partial charge in [0.25, 0.3) is 0 Å². The third-order valence-electron chi connectivity index (χ3n) is 14.2. The highest BCUT2D eigenvalue weighted by atomic mass is 32.1. The summed E-state index contributed by atoms with van der Waals surface area (Å²) in [6.07, 6.45) is 0. The first kappa shape index (κ1) is 35.5. The maximum absolute atomic E-state index is 2.51. The molecule has 0 unspecified atom stereocenters. The Bertz CT molecular complexity index is 4060. The standard InChI is InChI=1S/C61H38S2/c1-61(2)51-30-27-37(49-32-36-15-4-6-18-40(36)57-48-29-31-54-58(59(48)63-60(49)57)47-23-11-12-25-53(47)62-54)33-50(51)41-28-26-38(34-52(41)61)55-43-19-7-9-21-45(43)56(46-22-10-8-20-44(46)55)42-24-13-16-35-14-3-5-17-39(35)42/h3-34H,1-2H3. The largest absolute Gasteiger partial charge is 0.135 e. The van der Waals surface area contributed by atoms with Gasteiger partial charge in [-0.05, 0) is 123 Å². The Hall–Kier alpha value is -7.10. The van der Waals surface area contributed by atoms with Crippen LogP contribution >= 0.6 is 22.7 Å². The second kappa shape index (κ2) is 13.0. The highest BCUT2D eigenvalue weighted by Crippen LogP contribution is 2.54. The van der Waals surface area contributed by atoms with Crippen LogP contribution in [0.2, 0.25) is 0 Å². The monoisotopic (exact) mass is 834 g/mol. The summed E-state index contributed by atoms with van der Waals surface area (Å²) < 4.78 is 5.47. The van der Waals surface area contributed by atoms with Crippen molar-refractivity contribution in [1.82, 2.24) is 0 Å². The molecule has 2 heteroatoms. The predicted octanol–water partition coefficient (Wildman–Crippen LogP) is 18.3. The lowest BCUT2D eigenvalue weighted by atomic mass is 9.80. The molecule has 0 atom stereocenters. The fourth-order valence-electron chi connectivity index (χ4n) is 11.4. The van der Waals surface area contributed by atoms with Crippen molar-refractivity contribution in [3.05, 3.63) is 205 Å². The van der Waals surface area contributed by atoms with Crippen molar-refractivity contribution in [1.29, 1.82) is 0 Å². The maximum Gasteiger partial charge on any atom is 0.0449 e. The molecule has 0 saturated carbocycles. The lowest BCUT2D eigenvalue weighted by molar-refractivity contribution is 0.660. The van der Waals surface area contributed by atoms with E-state index < -0.39 is 0 Å². The van der Waals surface area contributed by atoms with Crippen LogP contribution < -0.4 is 0 Å². The minimum absolute atomic E-state index is 0.171. The molecular formula is C61H38S2. The second-order valence-corrected chi connectivity index (χ2v) is 20.0. The Morgan fingerprint density at radius 3 is 1.73 bits per heavy atom. The van der Waals surface area contributed by atoms with Crippen molar-refractivity contribution in [2.45, 2.75) is 19.3 Å². The molecule has 13 aromatic rings. The van der Waals surface area contributed by atoms with Gasteiger partial charge in [-0.3, -0.25) is 0 Å². The molecule has 0 bridgehead atoms. The van der Waals surface area contributed by atoms with Crippen LogP contribution in [0.5, 0.6) is 0 Å². The van der Waals surface area contributed by atoms with E-state index in [1.54, 1.807) is 0 Å². The van der Waals surface area contributed by atoms with Crippen molar-refractivity contribution in [3.63, 3.8) is 0 Å². The molecule has 14 rings (SSSR count). The van der Waals surface area contributed by atoms with Crippen molar-refractivity contribution in [2.75, 3.05) is 0 Å². The summed E-state index contributed by atoms with van der Waals surface area (Å²) in [5, 5.41) is 15.8. The Kier molecular flexibility index (Phi) is 7.31. The van der Waals surface area contributed by atoms with E-state index in [0.717, 1.165) is 0 Å². The van der Waals surface area contributed by atoms with E-state index in [0.29, 0.717) is 0 Å². The van der Waals surface area contributed by atoms with Gasteiger partial charge >= 0.3 is 0 Å². The van der Waals surface area contributed by atoms with E-state index in [4.69, 9.17) is 0 Å². The van der Waals surface area contributed by atoms with E-state index in [-0.39, 0.29) is 5.41 Å². The summed E-state index contributed by atoms with van der Waals surface area (Å²) in [7, 11) is 0. The molecule has 63 heavy (non-hydrogen) atoms. The fraction of sp³-hybridized carbons (Fsp3) is 0.0492. The molecule has 0 nitrogen and oxygen atoms in total. The van der Waals surface area contributed by atoms with Gasteiger partial charge in [-0.15, -0.1) is 22.7 Å². The first-order valence-corrected chi connectivity index (χ1v) is 23.5. The molecule has 2 heterocycles. The molecular weight excluding hydrogens is 797 g/mol. The molecule has 11 aromatic carbocycles. The van der Waals surface area contributed by atoms with Crippen LogP contribution in [0.15, 0.2) is 194 Å². The van der Waals surface area contributed by atoms with Gasteiger partial charge in [-0.1, -0.05) is 178 Å². The Morgan fingerprint density at radius 1 is 0.317 bits per heavy atom. The molecule has 0 aliphatic heterocycles. The Morgan fingerprint density at radius 2 is 0.952 bits per heavy atom. The van der Waals surface area contributed by atoms with Gasteiger partial charge in [-0.2, -0.15) is 0 Å². The first-order valence-electron chi connectivity index (χ1n) is 21.9. The van der Waals surface area contributed by atoms with E-state index in [2.05, 4.69) is 208 Å². The molecule has 1 aliphatic rings. The van der Waals surface area contributed by atoms with Crippen molar-refractivity contribution >= 4 is 106 Å². The van der Waals surface area contributed by atoms with Gasteiger partial charge in [0.1, 0.15) is 0 Å². The number of hydrogen-bond acceptors (Lipinski definition) is 2. The third kappa shape index (κ3) is 4.91. The summed E-state index contributed by atoms with van der Waals surface area (Å²) in [5.41, 5.74) is 13.0. The summed E-state index contributed by atoms with van der Waals surface area (Å²) in [6, 6.07) is 73.3. The summed E-state index contributed by atoms with van der Waals surface area (Å²) in [6.45, 7) is 4.83. The normalized spacial score (nSPS) is 13.4. The average Bonchev–Trinajstić information content (AvgIpc) is 3.98. The zero-order valence-electron chi connectivity index (χ0n) is 34.8. The average molecular weight is 835 g/mol. The molecule has 0 N–H and O–H groups in total. The fourth-order valence-corrected chi connectivity index (χ4v) is 13.9. The lowest BCUT2D eigenvalue weighted by Crippen LogP contribution is -2.15. The highest BCUT2D eigenvalue weighted by Gasteiger charge is 2.36. The Labute approximate surface area is 372 Å². The van der Waals surface area contributed by atoms with Crippen LogP contribution in [-0.4, -0.2) is 0 Å². The lowest BCUT2D eigenvalue weighted by Gasteiger charge is -2.23. The molecule has 1 aliphatic carbocycles. The second-order valence-electron chi connectivity index (χ2n) is 17.9. The van der Waals surface area contributed by atoms with Gasteiger partial charge < -0.3 is 0 Å². The van der Waals surface area contributed by atoms with Crippen LogP contribution in [0, 0.1) is 0 Å². The van der Waals surface area contributed by atoms with Gasteiger partial charge in [0.05, 0.1) is 0 Å². The molecule has 0 spiro atoms. The number of thiophene rings is 2. The highest BCUT2D eigenvalue weighted by molar-refractivity contribution is 7.30. The first-order chi connectivity index (χ1) is 31.0. The Balaban J connectivity index is 0.971. The van der Waals surface area contributed by atoms with E-state index in [1.165, 1.54) is 139 Å². The minimum atomic E-state index is -0.171. The molecule has 0 amide bonds. The van der Waals surface area contributed by atoms with Crippen LogP contribution in [0.1, 0.15) is 25.0 Å². The van der Waals surface area contributed by atoms with E-state index in [1.807, 2.05) is 22.7 Å². The summed E-state index contributed by atoms with van der Waals surface area (Å²) >= 11 is 3.88. The van der Waals surface area contributed by atoms with Crippen LogP contribution in [0.3, 0.4) is 0 Å². The molecule has 0 radical (unpaired) electrons. The van der Waals surface area contributed by atoms with E-state index >= 15 is 0 Å².